The molecule has 0 amide bonds. The quantitative estimate of drug-likeness (QED) is 0.542. The third-order valence-corrected chi connectivity index (χ3v) is 6.52. The summed E-state index contributed by atoms with van der Waals surface area (Å²) in [6.07, 6.45) is 10.3. The van der Waals surface area contributed by atoms with Crippen molar-refractivity contribution in [1.82, 2.24) is 0 Å². The lowest BCUT2D eigenvalue weighted by Gasteiger charge is -2.32. The van der Waals surface area contributed by atoms with E-state index < -0.39 is 0 Å². The maximum absolute atomic E-state index is 2.58. The zero-order valence-corrected chi connectivity index (χ0v) is 13.3. The molecule has 0 nitrogen and oxygen atoms in total. The Hall–Kier alpha value is 0. The zero-order chi connectivity index (χ0) is 13.3. The van der Waals surface area contributed by atoms with E-state index >= 15 is 0 Å². The molecule has 2 aliphatic carbocycles. The molecule has 0 aromatic heterocycles. The summed E-state index contributed by atoms with van der Waals surface area (Å²) in [5.41, 5.74) is 0.654. The largest absolute Gasteiger partial charge is 0.0649 e. The van der Waals surface area contributed by atoms with Crippen LogP contribution < -0.4 is 0 Å². The minimum absolute atomic E-state index is 0.654. The van der Waals surface area contributed by atoms with Crippen molar-refractivity contribution in [3.8, 4) is 0 Å². The zero-order valence-electron chi connectivity index (χ0n) is 13.3. The lowest BCUT2D eigenvalue weighted by atomic mass is 9.73. The van der Waals surface area contributed by atoms with Crippen molar-refractivity contribution in [3.63, 3.8) is 0 Å². The van der Waals surface area contributed by atoms with Gasteiger partial charge in [0, 0.05) is 0 Å². The molecule has 0 N–H and O–H groups in total. The Kier molecular flexibility index (Phi) is 4.44. The summed E-state index contributed by atoms with van der Waals surface area (Å²) in [6.45, 7) is 12.5. The average molecular weight is 250 g/mol. The first kappa shape index (κ1) is 14.4. The van der Waals surface area contributed by atoms with E-state index in [0.29, 0.717) is 5.41 Å². The molecule has 0 aromatic carbocycles. The van der Waals surface area contributed by atoms with Gasteiger partial charge in [-0.15, -0.1) is 0 Å². The molecule has 0 saturated heterocycles. The third kappa shape index (κ3) is 3.11. The normalized spacial score (nSPS) is 50.2. The second-order valence-corrected chi connectivity index (χ2v) is 8.03. The molecule has 0 bridgehead atoms. The molecule has 18 heavy (non-hydrogen) atoms. The van der Waals surface area contributed by atoms with Crippen molar-refractivity contribution in [2.75, 3.05) is 0 Å². The van der Waals surface area contributed by atoms with Crippen molar-refractivity contribution in [2.24, 2.45) is 35.0 Å². The number of hydrogen-bond donors (Lipinski definition) is 0. The second kappa shape index (κ2) is 5.55. The molecule has 0 aliphatic heterocycles. The van der Waals surface area contributed by atoms with Crippen molar-refractivity contribution < 1.29 is 0 Å². The summed E-state index contributed by atoms with van der Waals surface area (Å²) in [5, 5.41) is 0. The van der Waals surface area contributed by atoms with E-state index in [2.05, 4.69) is 34.6 Å². The van der Waals surface area contributed by atoms with Gasteiger partial charge in [0.1, 0.15) is 0 Å². The van der Waals surface area contributed by atoms with Crippen LogP contribution in [0.5, 0.6) is 0 Å². The van der Waals surface area contributed by atoms with Gasteiger partial charge < -0.3 is 0 Å². The van der Waals surface area contributed by atoms with Crippen LogP contribution in [0.25, 0.3) is 0 Å². The first-order chi connectivity index (χ1) is 8.46. The first-order valence-corrected chi connectivity index (χ1v) is 8.46. The van der Waals surface area contributed by atoms with Crippen LogP contribution in [0.15, 0.2) is 0 Å². The van der Waals surface area contributed by atoms with Crippen molar-refractivity contribution in [1.29, 1.82) is 0 Å². The number of hydrogen-bond acceptors (Lipinski definition) is 0. The molecule has 0 heteroatoms. The van der Waals surface area contributed by atoms with Gasteiger partial charge in [-0.1, -0.05) is 60.3 Å². The van der Waals surface area contributed by atoms with Crippen molar-refractivity contribution in [3.05, 3.63) is 0 Å². The highest BCUT2D eigenvalue weighted by Crippen LogP contribution is 2.58. The first-order valence-electron chi connectivity index (χ1n) is 8.46. The molecule has 2 aliphatic rings. The van der Waals surface area contributed by atoms with Gasteiger partial charge in [-0.2, -0.15) is 0 Å². The fraction of sp³-hybridized carbons (Fsp3) is 1.00. The van der Waals surface area contributed by atoms with Gasteiger partial charge >= 0.3 is 0 Å². The van der Waals surface area contributed by atoms with Gasteiger partial charge in [0.05, 0.1) is 0 Å². The van der Waals surface area contributed by atoms with Gasteiger partial charge in [0.2, 0.25) is 0 Å². The predicted octanol–water partition coefficient (Wildman–Crippen LogP) is 5.91. The van der Waals surface area contributed by atoms with E-state index in [9.17, 15) is 0 Å². The highest BCUT2D eigenvalue weighted by Gasteiger charge is 2.48. The molecule has 0 radical (unpaired) electrons. The van der Waals surface area contributed by atoms with Crippen molar-refractivity contribution >= 4 is 0 Å². The Labute approximate surface area is 115 Å². The summed E-state index contributed by atoms with van der Waals surface area (Å²) in [4.78, 5) is 0. The van der Waals surface area contributed by atoms with Crippen molar-refractivity contribution in [2.45, 2.75) is 79.6 Å². The van der Waals surface area contributed by atoms with Gasteiger partial charge in [0.15, 0.2) is 0 Å². The van der Waals surface area contributed by atoms with E-state index in [0.717, 1.165) is 29.6 Å². The third-order valence-electron chi connectivity index (χ3n) is 6.52. The molecule has 2 saturated carbocycles. The molecule has 0 aromatic rings. The Morgan fingerprint density at radius 2 is 1.56 bits per heavy atom. The summed E-state index contributed by atoms with van der Waals surface area (Å²) in [6, 6.07) is 0. The Morgan fingerprint density at radius 3 is 2.17 bits per heavy atom. The van der Waals surface area contributed by atoms with Crippen LogP contribution in [-0.4, -0.2) is 0 Å². The molecular formula is C18H34. The van der Waals surface area contributed by atoms with Crippen LogP contribution in [0.3, 0.4) is 0 Å². The topological polar surface area (TPSA) is 0 Å². The van der Waals surface area contributed by atoms with Gasteiger partial charge in [-0.05, 0) is 54.3 Å². The fourth-order valence-corrected chi connectivity index (χ4v) is 4.47. The highest BCUT2D eigenvalue weighted by atomic mass is 14.5. The molecule has 6 unspecified atom stereocenters. The molecule has 0 heterocycles. The second-order valence-electron chi connectivity index (χ2n) is 8.03. The van der Waals surface area contributed by atoms with E-state index in [4.69, 9.17) is 0 Å². The Balaban J connectivity index is 2.05. The summed E-state index contributed by atoms with van der Waals surface area (Å²) in [7, 11) is 0. The highest BCUT2D eigenvalue weighted by molar-refractivity contribution is 4.98. The van der Waals surface area contributed by atoms with Crippen LogP contribution in [0.4, 0.5) is 0 Å². The summed E-state index contributed by atoms with van der Waals surface area (Å²) >= 11 is 0. The van der Waals surface area contributed by atoms with Crippen LogP contribution in [0.2, 0.25) is 0 Å². The van der Waals surface area contributed by atoms with Crippen LogP contribution in [-0.2, 0) is 0 Å². The lowest BCUT2D eigenvalue weighted by Crippen LogP contribution is -2.22. The smallest absolute Gasteiger partial charge is 0.0295 e. The van der Waals surface area contributed by atoms with Gasteiger partial charge in [0.25, 0.3) is 0 Å². The summed E-state index contributed by atoms with van der Waals surface area (Å²) < 4.78 is 0. The van der Waals surface area contributed by atoms with E-state index in [1.165, 1.54) is 44.9 Å². The maximum Gasteiger partial charge on any atom is -0.0295 e. The average Bonchev–Trinajstić information content (AvgIpc) is 3.12. The molecule has 6 atom stereocenters. The van der Waals surface area contributed by atoms with E-state index in [1.807, 2.05) is 0 Å². The maximum atomic E-state index is 2.58. The Morgan fingerprint density at radius 1 is 0.944 bits per heavy atom. The van der Waals surface area contributed by atoms with E-state index in [-0.39, 0.29) is 0 Å². The predicted molar refractivity (Wildman–Crippen MR) is 80.6 cm³/mol. The number of fused-ring (bicyclic) bond motifs is 1. The van der Waals surface area contributed by atoms with Crippen LogP contribution in [0, 0.1) is 35.0 Å². The van der Waals surface area contributed by atoms with Gasteiger partial charge in [-0.25, -0.2) is 0 Å². The molecule has 2 fully saturated rings. The number of rotatable bonds is 1. The SMILES string of the molecule is CCC1(C)CC(C)CCC(C)C(C)CCC2CC21. The monoisotopic (exact) mass is 250 g/mol. The van der Waals surface area contributed by atoms with Crippen LogP contribution in [0.1, 0.15) is 79.6 Å². The minimum Gasteiger partial charge on any atom is -0.0649 e. The molecule has 0 spiro atoms. The van der Waals surface area contributed by atoms with E-state index in [1.54, 1.807) is 0 Å². The summed E-state index contributed by atoms with van der Waals surface area (Å²) in [5.74, 6) is 4.96. The minimum atomic E-state index is 0.654. The standard InChI is InChI=1S/C18H34/c1-6-18(5)12-13(2)7-8-14(3)15(4)9-10-16-11-17(16)18/h13-17H,6-12H2,1-5H3. The molecule has 2 rings (SSSR count). The molecular weight excluding hydrogens is 216 g/mol. The fourth-order valence-electron chi connectivity index (χ4n) is 4.47. The Bertz CT molecular complexity index is 263. The van der Waals surface area contributed by atoms with Crippen LogP contribution >= 0.6 is 0 Å². The lowest BCUT2D eigenvalue weighted by molar-refractivity contribution is 0.182. The molecule has 106 valence electrons. The van der Waals surface area contributed by atoms with Gasteiger partial charge in [-0.3, -0.25) is 0 Å².